The van der Waals surface area contributed by atoms with Crippen LogP contribution in [-0.4, -0.2) is 17.7 Å². The molecule has 118 valence electrons. The van der Waals surface area contributed by atoms with Crippen molar-refractivity contribution in [1.29, 1.82) is 0 Å². The van der Waals surface area contributed by atoms with Gasteiger partial charge in [0, 0.05) is 11.4 Å². The van der Waals surface area contributed by atoms with Crippen molar-refractivity contribution in [3.63, 3.8) is 0 Å². The largest absolute Gasteiger partial charge is 0.398 e. The average molecular weight is 333 g/mol. The Morgan fingerprint density at radius 1 is 0.913 bits per heavy atom. The van der Waals surface area contributed by atoms with Crippen molar-refractivity contribution >= 4 is 46.4 Å². The van der Waals surface area contributed by atoms with Crippen LogP contribution in [0.3, 0.4) is 0 Å². The van der Waals surface area contributed by atoms with E-state index in [9.17, 15) is 14.4 Å². The highest BCUT2D eigenvalue weighted by molar-refractivity contribution is 6.42. The van der Waals surface area contributed by atoms with E-state index in [-0.39, 0.29) is 22.0 Å². The van der Waals surface area contributed by atoms with Crippen LogP contribution in [-0.2, 0) is 9.59 Å². The summed E-state index contributed by atoms with van der Waals surface area (Å²) in [5.74, 6) is -2.90. The molecular formula is C15H13ClN4O3. The predicted octanol–water partition coefficient (Wildman–Crippen LogP) is 1.40. The molecule has 23 heavy (non-hydrogen) atoms. The molecule has 8 heteroatoms. The Morgan fingerprint density at radius 3 is 2.26 bits per heavy atom. The molecule has 0 saturated heterocycles. The van der Waals surface area contributed by atoms with Gasteiger partial charge in [0.05, 0.1) is 16.3 Å². The summed E-state index contributed by atoms with van der Waals surface area (Å²) in [6.07, 6.45) is 0. The van der Waals surface area contributed by atoms with Crippen LogP contribution in [0.4, 0.5) is 17.1 Å². The second-order valence-electron chi connectivity index (χ2n) is 4.56. The maximum absolute atomic E-state index is 11.9. The molecule has 0 bridgehead atoms. The molecule has 2 aromatic carbocycles. The highest BCUT2D eigenvalue weighted by Crippen LogP contribution is 2.22. The second kappa shape index (κ2) is 6.80. The molecule has 0 fully saturated rings. The number of hydrogen-bond donors (Lipinski definition) is 4. The van der Waals surface area contributed by atoms with E-state index >= 15 is 0 Å². The molecule has 0 aromatic heterocycles. The summed E-state index contributed by atoms with van der Waals surface area (Å²) in [4.78, 5) is 35.4. The number of nitrogens with two attached hydrogens (primary N) is 2. The molecule has 2 aromatic rings. The molecule has 7 nitrogen and oxygen atoms in total. The van der Waals surface area contributed by atoms with Gasteiger partial charge in [0.25, 0.3) is 5.91 Å². The third-order valence-electron chi connectivity index (χ3n) is 2.90. The predicted molar refractivity (Wildman–Crippen MR) is 87.8 cm³/mol. The van der Waals surface area contributed by atoms with Crippen molar-refractivity contribution < 1.29 is 14.4 Å². The fraction of sp³-hybridized carbons (Fsp3) is 0. The number of imide groups is 1. The Bertz CT molecular complexity index is 792. The van der Waals surface area contributed by atoms with Gasteiger partial charge in [-0.1, -0.05) is 23.7 Å². The summed E-state index contributed by atoms with van der Waals surface area (Å²) in [5, 5.41) is 4.49. The van der Waals surface area contributed by atoms with Gasteiger partial charge < -0.3 is 16.8 Å². The van der Waals surface area contributed by atoms with E-state index in [4.69, 9.17) is 23.1 Å². The van der Waals surface area contributed by atoms with Gasteiger partial charge in [-0.25, -0.2) is 0 Å². The van der Waals surface area contributed by atoms with Gasteiger partial charge in [-0.15, -0.1) is 0 Å². The molecule has 0 spiro atoms. The molecule has 0 unspecified atom stereocenters. The smallest absolute Gasteiger partial charge is 0.316 e. The van der Waals surface area contributed by atoms with E-state index in [1.807, 2.05) is 5.32 Å². The van der Waals surface area contributed by atoms with Crippen molar-refractivity contribution in [3.05, 3.63) is 53.1 Å². The van der Waals surface area contributed by atoms with Gasteiger partial charge in [-0.2, -0.15) is 0 Å². The second-order valence-corrected chi connectivity index (χ2v) is 4.97. The van der Waals surface area contributed by atoms with Crippen LogP contribution in [0, 0.1) is 0 Å². The van der Waals surface area contributed by atoms with Crippen LogP contribution in [0.1, 0.15) is 10.4 Å². The third kappa shape index (κ3) is 3.98. The third-order valence-corrected chi connectivity index (χ3v) is 3.22. The number of halogens is 1. The molecular weight excluding hydrogens is 320 g/mol. The maximum atomic E-state index is 11.9. The first kappa shape index (κ1) is 16.3. The summed E-state index contributed by atoms with van der Waals surface area (Å²) in [6.45, 7) is 0. The van der Waals surface area contributed by atoms with Crippen molar-refractivity contribution in [2.24, 2.45) is 0 Å². The average Bonchev–Trinajstić information content (AvgIpc) is 2.51. The van der Waals surface area contributed by atoms with Crippen molar-refractivity contribution in [2.45, 2.75) is 0 Å². The zero-order valence-electron chi connectivity index (χ0n) is 11.8. The number of carbonyl (C=O) groups excluding carboxylic acids is 3. The summed E-state index contributed by atoms with van der Waals surface area (Å²) in [6, 6.07) is 10.5. The van der Waals surface area contributed by atoms with E-state index < -0.39 is 17.7 Å². The molecule has 0 radical (unpaired) electrons. The first-order valence-electron chi connectivity index (χ1n) is 6.44. The van der Waals surface area contributed by atoms with E-state index in [0.717, 1.165) is 0 Å². The minimum absolute atomic E-state index is 0.101. The van der Waals surface area contributed by atoms with Gasteiger partial charge in [-0.3, -0.25) is 19.7 Å². The molecule has 0 aliphatic carbocycles. The standard InChI is InChI=1S/C15H13ClN4O3/c16-10-7-8(5-6-12(10)18)19-14(22)15(23)20-13(21)9-3-1-2-4-11(9)17/h1-7H,17-18H2,(H,19,22)(H,20,21,23). The molecule has 0 atom stereocenters. The number of hydrogen-bond acceptors (Lipinski definition) is 5. The zero-order chi connectivity index (χ0) is 17.0. The van der Waals surface area contributed by atoms with Gasteiger partial charge in [0.15, 0.2) is 0 Å². The summed E-state index contributed by atoms with van der Waals surface area (Å²) < 4.78 is 0. The van der Waals surface area contributed by atoms with E-state index in [1.165, 1.54) is 30.3 Å². The Labute approximate surface area is 136 Å². The molecule has 3 amide bonds. The van der Waals surface area contributed by atoms with Crippen molar-refractivity contribution in [1.82, 2.24) is 5.32 Å². The number of para-hydroxylation sites is 1. The van der Waals surface area contributed by atoms with Crippen LogP contribution in [0.15, 0.2) is 42.5 Å². The van der Waals surface area contributed by atoms with Crippen LogP contribution in [0.5, 0.6) is 0 Å². The normalized spacial score (nSPS) is 9.96. The van der Waals surface area contributed by atoms with Gasteiger partial charge >= 0.3 is 11.8 Å². The quantitative estimate of drug-likeness (QED) is 0.488. The molecule has 0 aliphatic heterocycles. The number of nitrogens with one attached hydrogen (secondary N) is 2. The van der Waals surface area contributed by atoms with E-state index in [0.29, 0.717) is 5.69 Å². The fourth-order valence-corrected chi connectivity index (χ4v) is 1.90. The van der Waals surface area contributed by atoms with Gasteiger partial charge in [0.1, 0.15) is 0 Å². The van der Waals surface area contributed by atoms with E-state index in [2.05, 4.69) is 5.32 Å². The number of carbonyl (C=O) groups is 3. The number of nitrogen functional groups attached to an aromatic ring is 2. The Kier molecular flexibility index (Phi) is 4.82. The monoisotopic (exact) mass is 332 g/mol. The van der Waals surface area contributed by atoms with Crippen molar-refractivity contribution in [3.8, 4) is 0 Å². The number of amides is 3. The first-order chi connectivity index (χ1) is 10.9. The van der Waals surface area contributed by atoms with Crippen LogP contribution in [0.2, 0.25) is 5.02 Å². The highest BCUT2D eigenvalue weighted by atomic mass is 35.5. The van der Waals surface area contributed by atoms with Crippen LogP contribution < -0.4 is 22.1 Å². The maximum Gasteiger partial charge on any atom is 0.316 e. The first-order valence-corrected chi connectivity index (χ1v) is 6.82. The summed E-state index contributed by atoms with van der Waals surface area (Å²) in [7, 11) is 0. The SMILES string of the molecule is Nc1ccc(NC(=O)C(=O)NC(=O)c2ccccc2N)cc1Cl. The molecule has 2 rings (SSSR count). The number of rotatable bonds is 2. The lowest BCUT2D eigenvalue weighted by Crippen LogP contribution is -2.39. The lowest BCUT2D eigenvalue weighted by atomic mass is 10.1. The Morgan fingerprint density at radius 2 is 1.61 bits per heavy atom. The Balaban J connectivity index is 2.02. The van der Waals surface area contributed by atoms with Crippen molar-refractivity contribution in [2.75, 3.05) is 16.8 Å². The van der Waals surface area contributed by atoms with Crippen LogP contribution >= 0.6 is 11.6 Å². The molecule has 0 aliphatic rings. The lowest BCUT2D eigenvalue weighted by Gasteiger charge is -2.08. The lowest BCUT2D eigenvalue weighted by molar-refractivity contribution is -0.135. The molecule has 0 heterocycles. The minimum Gasteiger partial charge on any atom is -0.398 e. The highest BCUT2D eigenvalue weighted by Gasteiger charge is 2.19. The Hall–Kier alpha value is -3.06. The molecule has 0 saturated carbocycles. The van der Waals surface area contributed by atoms with Crippen LogP contribution in [0.25, 0.3) is 0 Å². The minimum atomic E-state index is -1.12. The van der Waals surface area contributed by atoms with E-state index in [1.54, 1.807) is 12.1 Å². The number of anilines is 3. The topological polar surface area (TPSA) is 127 Å². The summed E-state index contributed by atoms with van der Waals surface area (Å²) in [5.41, 5.74) is 12.1. The van der Waals surface area contributed by atoms with Gasteiger partial charge in [0.2, 0.25) is 0 Å². The molecule has 6 N–H and O–H groups in total. The number of benzene rings is 2. The zero-order valence-corrected chi connectivity index (χ0v) is 12.6. The fourth-order valence-electron chi connectivity index (χ4n) is 1.72. The van der Waals surface area contributed by atoms with Gasteiger partial charge in [-0.05, 0) is 30.3 Å². The summed E-state index contributed by atoms with van der Waals surface area (Å²) >= 11 is 5.81.